The molecule has 1 aliphatic heterocycles. The molecule has 0 aliphatic carbocycles. The third-order valence-electron chi connectivity index (χ3n) is 3.46. The maximum absolute atomic E-state index is 14.0. The van der Waals surface area contributed by atoms with Crippen LogP contribution < -0.4 is 9.47 Å². The third-order valence-corrected chi connectivity index (χ3v) is 3.46. The number of methoxy groups -OCH3 is 2. The Hall–Kier alpha value is -1.29. The van der Waals surface area contributed by atoms with Crippen LogP contribution in [0.5, 0.6) is 11.5 Å². The summed E-state index contributed by atoms with van der Waals surface area (Å²) in [4.78, 5) is 0. The maximum Gasteiger partial charge on any atom is 0.163 e. The maximum atomic E-state index is 14.0. The van der Waals surface area contributed by atoms with Crippen LogP contribution in [0, 0.1) is 5.82 Å². The normalized spacial score (nSPS) is 23.6. The van der Waals surface area contributed by atoms with E-state index in [1.807, 2.05) is 13.8 Å². The SMILES string of the molecule is COc1cc(F)c(C(C)CC2OC2C)cc1OC. The largest absolute Gasteiger partial charge is 0.493 e. The predicted molar refractivity (Wildman–Crippen MR) is 66.9 cm³/mol. The molecule has 1 aromatic rings. The van der Waals surface area contributed by atoms with Crippen LogP contribution in [-0.2, 0) is 4.74 Å². The average Bonchev–Trinajstić information content (AvgIpc) is 3.04. The number of rotatable bonds is 5. The van der Waals surface area contributed by atoms with Gasteiger partial charge in [0.05, 0.1) is 26.4 Å². The van der Waals surface area contributed by atoms with Crippen molar-refractivity contribution in [1.82, 2.24) is 0 Å². The van der Waals surface area contributed by atoms with Crippen molar-refractivity contribution < 1.29 is 18.6 Å². The molecular formula is C14H19FO3. The Morgan fingerprint density at radius 2 is 1.83 bits per heavy atom. The number of hydrogen-bond donors (Lipinski definition) is 0. The van der Waals surface area contributed by atoms with Crippen molar-refractivity contribution in [3.8, 4) is 11.5 Å². The Labute approximate surface area is 107 Å². The standard InChI is InChI=1S/C14H19FO3/c1-8(5-12-9(2)18-12)10-6-13(16-3)14(17-4)7-11(10)15/h6-9,12H,5H2,1-4H3. The molecule has 0 aromatic heterocycles. The van der Waals surface area contributed by atoms with Gasteiger partial charge in [0.15, 0.2) is 11.5 Å². The molecule has 4 heteroatoms. The Morgan fingerprint density at radius 1 is 1.28 bits per heavy atom. The van der Waals surface area contributed by atoms with Crippen LogP contribution in [-0.4, -0.2) is 26.4 Å². The summed E-state index contributed by atoms with van der Waals surface area (Å²) in [6.07, 6.45) is 1.39. The van der Waals surface area contributed by atoms with Crippen molar-refractivity contribution in [1.29, 1.82) is 0 Å². The van der Waals surface area contributed by atoms with Gasteiger partial charge in [-0.1, -0.05) is 6.92 Å². The fourth-order valence-electron chi connectivity index (χ4n) is 2.20. The first kappa shape index (κ1) is 13.1. The van der Waals surface area contributed by atoms with Crippen LogP contribution in [0.1, 0.15) is 31.7 Å². The van der Waals surface area contributed by atoms with E-state index in [-0.39, 0.29) is 17.8 Å². The first-order valence-corrected chi connectivity index (χ1v) is 6.13. The topological polar surface area (TPSA) is 31.0 Å². The molecule has 0 saturated carbocycles. The van der Waals surface area contributed by atoms with E-state index in [0.717, 1.165) is 6.42 Å². The van der Waals surface area contributed by atoms with Crippen molar-refractivity contribution in [2.24, 2.45) is 0 Å². The van der Waals surface area contributed by atoms with Gasteiger partial charge >= 0.3 is 0 Å². The minimum Gasteiger partial charge on any atom is -0.493 e. The smallest absolute Gasteiger partial charge is 0.163 e. The molecule has 1 heterocycles. The van der Waals surface area contributed by atoms with Gasteiger partial charge in [-0.2, -0.15) is 0 Å². The zero-order valence-corrected chi connectivity index (χ0v) is 11.2. The van der Waals surface area contributed by atoms with Gasteiger partial charge in [0.25, 0.3) is 0 Å². The second-order valence-corrected chi connectivity index (χ2v) is 4.75. The molecule has 0 spiro atoms. The second kappa shape index (κ2) is 5.14. The molecule has 0 amide bonds. The van der Waals surface area contributed by atoms with Crippen LogP contribution in [0.3, 0.4) is 0 Å². The minimum atomic E-state index is -0.256. The molecule has 3 atom stereocenters. The van der Waals surface area contributed by atoms with Crippen LogP contribution >= 0.6 is 0 Å². The number of epoxide rings is 1. The van der Waals surface area contributed by atoms with E-state index < -0.39 is 0 Å². The molecule has 3 nitrogen and oxygen atoms in total. The van der Waals surface area contributed by atoms with Gasteiger partial charge in [0.2, 0.25) is 0 Å². The lowest BCUT2D eigenvalue weighted by Gasteiger charge is -2.15. The first-order chi connectivity index (χ1) is 8.56. The third kappa shape index (κ3) is 2.58. The molecule has 0 radical (unpaired) electrons. The molecule has 1 saturated heterocycles. The van der Waals surface area contributed by atoms with E-state index in [0.29, 0.717) is 23.2 Å². The lowest BCUT2D eigenvalue weighted by molar-refractivity contribution is 0.348. The molecule has 0 N–H and O–H groups in total. The molecule has 0 bridgehead atoms. The lowest BCUT2D eigenvalue weighted by atomic mass is 9.94. The molecule has 1 fully saturated rings. The van der Waals surface area contributed by atoms with Gasteiger partial charge in [-0.3, -0.25) is 0 Å². The van der Waals surface area contributed by atoms with Gasteiger partial charge < -0.3 is 14.2 Å². The van der Waals surface area contributed by atoms with Crippen LogP contribution in [0.4, 0.5) is 4.39 Å². The van der Waals surface area contributed by atoms with Crippen molar-refractivity contribution in [3.05, 3.63) is 23.5 Å². The van der Waals surface area contributed by atoms with Crippen LogP contribution in [0.25, 0.3) is 0 Å². The highest BCUT2D eigenvalue weighted by Crippen LogP contribution is 2.37. The van der Waals surface area contributed by atoms with Gasteiger partial charge in [0.1, 0.15) is 5.82 Å². The van der Waals surface area contributed by atoms with E-state index in [1.54, 1.807) is 13.2 Å². The van der Waals surface area contributed by atoms with E-state index >= 15 is 0 Å². The number of ether oxygens (including phenoxy) is 3. The monoisotopic (exact) mass is 254 g/mol. The van der Waals surface area contributed by atoms with Gasteiger partial charge in [-0.15, -0.1) is 0 Å². The second-order valence-electron chi connectivity index (χ2n) is 4.75. The van der Waals surface area contributed by atoms with Crippen molar-refractivity contribution in [2.45, 2.75) is 38.4 Å². The predicted octanol–water partition coefficient (Wildman–Crippen LogP) is 3.12. The lowest BCUT2D eigenvalue weighted by Crippen LogP contribution is -2.04. The van der Waals surface area contributed by atoms with Crippen molar-refractivity contribution >= 4 is 0 Å². The summed E-state index contributed by atoms with van der Waals surface area (Å²) in [6, 6.07) is 3.09. The summed E-state index contributed by atoms with van der Waals surface area (Å²) in [5, 5.41) is 0. The highest BCUT2D eigenvalue weighted by molar-refractivity contribution is 5.44. The summed E-state index contributed by atoms with van der Waals surface area (Å²) in [5.74, 6) is 0.820. The Bertz CT molecular complexity index is 433. The summed E-state index contributed by atoms with van der Waals surface area (Å²) < 4.78 is 29.6. The molecule has 18 heavy (non-hydrogen) atoms. The molecular weight excluding hydrogens is 235 g/mol. The Balaban J connectivity index is 2.20. The van der Waals surface area contributed by atoms with Gasteiger partial charge in [0, 0.05) is 6.07 Å². The fraction of sp³-hybridized carbons (Fsp3) is 0.571. The summed E-state index contributed by atoms with van der Waals surface area (Å²) in [5.41, 5.74) is 0.648. The van der Waals surface area contributed by atoms with Crippen molar-refractivity contribution in [3.63, 3.8) is 0 Å². The van der Waals surface area contributed by atoms with Gasteiger partial charge in [-0.05, 0) is 30.9 Å². The highest BCUT2D eigenvalue weighted by Gasteiger charge is 2.35. The number of benzene rings is 1. The summed E-state index contributed by atoms with van der Waals surface area (Å²) >= 11 is 0. The summed E-state index contributed by atoms with van der Waals surface area (Å²) in [6.45, 7) is 4.03. The van der Waals surface area contributed by atoms with E-state index in [9.17, 15) is 4.39 Å². The molecule has 1 aromatic carbocycles. The molecule has 2 rings (SSSR count). The fourth-order valence-corrected chi connectivity index (χ4v) is 2.20. The van der Waals surface area contributed by atoms with E-state index in [4.69, 9.17) is 14.2 Å². The zero-order valence-electron chi connectivity index (χ0n) is 11.2. The minimum absolute atomic E-state index is 0.0970. The Morgan fingerprint density at radius 3 is 2.33 bits per heavy atom. The molecule has 1 aliphatic rings. The van der Waals surface area contributed by atoms with Crippen molar-refractivity contribution in [2.75, 3.05) is 14.2 Å². The molecule has 3 unspecified atom stereocenters. The van der Waals surface area contributed by atoms with Crippen LogP contribution in [0.2, 0.25) is 0 Å². The average molecular weight is 254 g/mol. The molecule has 100 valence electrons. The zero-order chi connectivity index (χ0) is 13.3. The number of halogens is 1. The van der Waals surface area contributed by atoms with E-state index in [1.165, 1.54) is 13.2 Å². The highest BCUT2D eigenvalue weighted by atomic mass is 19.1. The van der Waals surface area contributed by atoms with E-state index in [2.05, 4.69) is 0 Å². The number of hydrogen-bond acceptors (Lipinski definition) is 3. The van der Waals surface area contributed by atoms with Crippen LogP contribution in [0.15, 0.2) is 12.1 Å². The first-order valence-electron chi connectivity index (χ1n) is 6.13. The quantitative estimate of drug-likeness (QED) is 0.756. The van der Waals surface area contributed by atoms with Gasteiger partial charge in [-0.25, -0.2) is 4.39 Å². The summed E-state index contributed by atoms with van der Waals surface area (Å²) in [7, 11) is 3.05. The Kier molecular flexibility index (Phi) is 3.76.